The number of amides is 1. The van der Waals surface area contributed by atoms with E-state index in [0.717, 1.165) is 43.0 Å². The summed E-state index contributed by atoms with van der Waals surface area (Å²) in [5.74, 6) is -0.00632. The molecule has 2 atom stereocenters. The van der Waals surface area contributed by atoms with Crippen LogP contribution in [0.4, 0.5) is 15.2 Å². The maximum atomic E-state index is 14.3. The topological polar surface area (TPSA) is 104 Å². The molecule has 10 nitrogen and oxygen atoms in total. The molecule has 234 valence electrons. The monoisotopic (exact) mass is 668 g/mol. The summed E-state index contributed by atoms with van der Waals surface area (Å²) in [4.78, 5) is 26.9. The average Bonchev–Trinajstić information content (AvgIpc) is 3.81. The molecule has 45 heavy (non-hydrogen) atoms. The molecule has 2 aliphatic heterocycles. The van der Waals surface area contributed by atoms with E-state index in [0.29, 0.717) is 43.4 Å². The van der Waals surface area contributed by atoms with E-state index in [1.165, 1.54) is 16.0 Å². The van der Waals surface area contributed by atoms with Crippen LogP contribution in [0.25, 0.3) is 22.0 Å². The average molecular weight is 670 g/mol. The van der Waals surface area contributed by atoms with E-state index in [9.17, 15) is 14.3 Å². The predicted octanol–water partition coefficient (Wildman–Crippen LogP) is 5.15. The van der Waals surface area contributed by atoms with Gasteiger partial charge >= 0.3 is 0 Å². The van der Waals surface area contributed by atoms with Crippen molar-refractivity contribution in [1.29, 1.82) is 0 Å². The minimum atomic E-state index is -1.04. The van der Waals surface area contributed by atoms with Crippen molar-refractivity contribution >= 4 is 62.2 Å². The summed E-state index contributed by atoms with van der Waals surface area (Å²) in [5, 5.41) is 20.5. The number of thiazole rings is 1. The zero-order valence-electron chi connectivity index (χ0n) is 24.4. The molecule has 2 unspecified atom stereocenters. The number of likely N-dealkylation sites (N-methyl/N-ethyl adjacent to an activating group) is 1. The van der Waals surface area contributed by atoms with Crippen molar-refractivity contribution < 1.29 is 14.3 Å². The van der Waals surface area contributed by atoms with Gasteiger partial charge in [-0.1, -0.05) is 35.3 Å². The molecule has 2 N–H and O–H groups in total. The Morgan fingerprint density at radius 1 is 1.22 bits per heavy atom. The molecule has 0 bridgehead atoms. The van der Waals surface area contributed by atoms with Crippen LogP contribution in [0.15, 0.2) is 54.4 Å². The Labute approximate surface area is 273 Å². The van der Waals surface area contributed by atoms with E-state index < -0.39 is 18.1 Å². The lowest BCUT2D eigenvalue weighted by Crippen LogP contribution is -2.50. The van der Waals surface area contributed by atoms with E-state index in [2.05, 4.69) is 32.1 Å². The quantitative estimate of drug-likeness (QED) is 0.212. The number of nitrogens with one attached hydrogen (secondary N) is 1. The lowest BCUT2D eigenvalue weighted by molar-refractivity contribution is -0.118. The third kappa shape index (κ3) is 5.81. The number of benzene rings is 2. The van der Waals surface area contributed by atoms with Crippen LogP contribution in [0.3, 0.4) is 0 Å². The fourth-order valence-electron chi connectivity index (χ4n) is 6.10. The van der Waals surface area contributed by atoms with Crippen LogP contribution in [0.2, 0.25) is 10.0 Å². The molecule has 1 saturated heterocycles. The Morgan fingerprint density at radius 2 is 2.02 bits per heavy atom. The number of hydrogen-bond acceptors (Lipinski definition) is 8. The number of nitrogens with zero attached hydrogens (tertiary/aromatic N) is 7. The molecule has 5 heterocycles. The highest BCUT2D eigenvalue weighted by atomic mass is 35.5. The normalized spacial score (nSPS) is 17.4. The second-order valence-corrected chi connectivity index (χ2v) is 13.3. The van der Waals surface area contributed by atoms with Crippen LogP contribution in [0, 0.1) is 5.92 Å². The third-order valence-corrected chi connectivity index (χ3v) is 9.97. The number of aliphatic hydroxyl groups excluding tert-OH is 1. The molecule has 7 rings (SSSR count). The lowest BCUT2D eigenvalue weighted by Gasteiger charge is -2.39. The van der Waals surface area contributed by atoms with E-state index in [1.807, 2.05) is 30.3 Å². The Kier molecular flexibility index (Phi) is 8.25. The fraction of sp³-hybridized carbons (Fsp3) is 0.355. The van der Waals surface area contributed by atoms with E-state index in [-0.39, 0.29) is 19.6 Å². The first-order chi connectivity index (χ1) is 21.8. The molecule has 5 aromatic rings. The molecule has 1 amide bonds. The Hall–Kier alpha value is -3.55. The molecule has 2 aliphatic rings. The van der Waals surface area contributed by atoms with E-state index in [1.54, 1.807) is 28.7 Å². The number of halogens is 3. The Bertz CT molecular complexity index is 1840. The minimum absolute atomic E-state index is 0.163. The summed E-state index contributed by atoms with van der Waals surface area (Å²) in [7, 11) is 2.06. The largest absolute Gasteiger partial charge is 0.396 e. The first-order valence-corrected chi connectivity index (χ1v) is 16.3. The van der Waals surface area contributed by atoms with Gasteiger partial charge < -0.3 is 19.5 Å². The number of anilines is 2. The highest BCUT2D eigenvalue weighted by Crippen LogP contribution is 2.40. The first-order valence-electron chi connectivity index (χ1n) is 14.7. The summed E-state index contributed by atoms with van der Waals surface area (Å²) in [6.45, 7) is 4.15. The van der Waals surface area contributed by atoms with Gasteiger partial charge in [0.2, 0.25) is 0 Å². The standard InChI is InChI=1S/C31H31Cl2FN8O2S/c1-39(7-8-40-12-18(13-40)16-43)21-4-2-19(3-5-21)22-11-24(32)23-15-42(38-27(23)26(22)33)29(30(44)37-31-35-6-9-45-31)28-25-10-20(34)14-41(25)17-36-28/h2-6,9,11,15,17-18,20,29,43H,7-8,10,12-14,16H2,1H3,(H,35,37,44). The van der Waals surface area contributed by atoms with Gasteiger partial charge in [0.15, 0.2) is 11.2 Å². The number of hydrogen-bond donors (Lipinski definition) is 2. The highest BCUT2D eigenvalue weighted by Gasteiger charge is 2.34. The van der Waals surface area contributed by atoms with E-state index in [4.69, 9.17) is 28.3 Å². The molecule has 0 radical (unpaired) electrons. The van der Waals surface area contributed by atoms with Crippen molar-refractivity contribution in [2.45, 2.75) is 25.2 Å². The van der Waals surface area contributed by atoms with Crippen molar-refractivity contribution in [2.75, 3.05) is 50.1 Å². The van der Waals surface area contributed by atoms with Crippen LogP contribution in [0.1, 0.15) is 17.4 Å². The molecule has 14 heteroatoms. The minimum Gasteiger partial charge on any atom is -0.396 e. The SMILES string of the molecule is CN(CCN1CC(CO)C1)c1ccc(-c2cc(Cl)c3cn(C(C(=O)Nc4nccs4)c4ncn5c4CC(F)C5)nc3c2Cl)cc1. The molecular formula is C31H31Cl2FN8O2S. The number of carbonyl (C=O) groups is 1. The number of aliphatic hydroxyl groups is 1. The highest BCUT2D eigenvalue weighted by molar-refractivity contribution is 7.13. The summed E-state index contributed by atoms with van der Waals surface area (Å²) in [5.41, 5.74) is 4.19. The summed E-state index contributed by atoms with van der Waals surface area (Å²) in [6, 6.07) is 8.91. The Balaban J connectivity index is 1.18. The van der Waals surface area contributed by atoms with Crippen LogP contribution < -0.4 is 10.2 Å². The summed E-state index contributed by atoms with van der Waals surface area (Å²) >= 11 is 15.1. The number of imidazole rings is 1. The molecule has 0 spiro atoms. The van der Waals surface area contributed by atoms with Gasteiger partial charge in [0, 0.05) is 92.3 Å². The number of rotatable bonds is 10. The van der Waals surface area contributed by atoms with Crippen LogP contribution >= 0.6 is 34.5 Å². The third-order valence-electron chi connectivity index (χ3n) is 8.59. The molecule has 0 aliphatic carbocycles. The number of aromatic nitrogens is 5. The van der Waals surface area contributed by atoms with Crippen LogP contribution in [-0.4, -0.2) is 86.2 Å². The zero-order valence-corrected chi connectivity index (χ0v) is 26.7. The van der Waals surface area contributed by atoms with Crippen LogP contribution in [0.5, 0.6) is 0 Å². The molecule has 3 aromatic heterocycles. The molecule has 0 saturated carbocycles. The summed E-state index contributed by atoms with van der Waals surface area (Å²) < 4.78 is 17.6. The Morgan fingerprint density at radius 3 is 2.76 bits per heavy atom. The van der Waals surface area contributed by atoms with Gasteiger partial charge in [-0.3, -0.25) is 14.8 Å². The fourth-order valence-corrected chi connectivity index (χ4v) is 7.19. The summed E-state index contributed by atoms with van der Waals surface area (Å²) in [6.07, 6.45) is 3.97. The first kappa shape index (κ1) is 30.1. The van der Waals surface area contributed by atoms with Gasteiger partial charge in [0.1, 0.15) is 11.7 Å². The van der Waals surface area contributed by atoms with Gasteiger partial charge in [-0.15, -0.1) is 11.3 Å². The predicted molar refractivity (Wildman–Crippen MR) is 175 cm³/mol. The van der Waals surface area contributed by atoms with Crippen molar-refractivity contribution in [3.8, 4) is 11.1 Å². The second kappa shape index (κ2) is 12.3. The van der Waals surface area contributed by atoms with Gasteiger partial charge in [-0.05, 0) is 23.8 Å². The van der Waals surface area contributed by atoms with Gasteiger partial charge in [-0.25, -0.2) is 14.4 Å². The van der Waals surface area contributed by atoms with Crippen LogP contribution in [-0.2, 0) is 17.8 Å². The van der Waals surface area contributed by atoms with E-state index >= 15 is 0 Å². The van der Waals surface area contributed by atoms with Gasteiger partial charge in [-0.2, -0.15) is 5.10 Å². The maximum Gasteiger partial charge on any atom is 0.257 e. The maximum absolute atomic E-state index is 14.3. The number of alkyl halides is 1. The van der Waals surface area contributed by atoms with Crippen molar-refractivity contribution in [3.05, 3.63) is 75.9 Å². The van der Waals surface area contributed by atoms with Crippen molar-refractivity contribution in [1.82, 2.24) is 29.2 Å². The number of likely N-dealkylation sites (tertiary alicyclic amines) is 1. The smallest absolute Gasteiger partial charge is 0.257 e. The lowest BCUT2D eigenvalue weighted by atomic mass is 10.0. The molecular weight excluding hydrogens is 638 g/mol. The molecule has 2 aromatic carbocycles. The second-order valence-electron chi connectivity index (χ2n) is 11.6. The van der Waals surface area contributed by atoms with Crippen molar-refractivity contribution in [2.24, 2.45) is 5.92 Å². The number of fused-ring (bicyclic) bond motifs is 2. The zero-order chi connectivity index (χ0) is 31.2. The number of carbonyl (C=O) groups excluding carboxylic acids is 1. The van der Waals surface area contributed by atoms with Crippen molar-refractivity contribution in [3.63, 3.8) is 0 Å². The molecule has 1 fully saturated rings. The van der Waals surface area contributed by atoms with Gasteiger partial charge in [0.25, 0.3) is 5.91 Å². The van der Waals surface area contributed by atoms with Gasteiger partial charge in [0.05, 0.1) is 28.6 Å².